The topological polar surface area (TPSA) is 156 Å². The van der Waals surface area contributed by atoms with Crippen molar-refractivity contribution < 1.29 is 0 Å². The number of rotatable bonds is 5. The molecule has 124 valence electrons. The van der Waals surface area contributed by atoms with Gasteiger partial charge >= 0.3 is 0 Å². The summed E-state index contributed by atoms with van der Waals surface area (Å²) in [5.41, 5.74) is 24.6. The number of hydrogen-bond acceptors (Lipinski definition) is 8. The normalized spacial score (nSPS) is 13.1. The molecule has 10 heteroatoms. The Morgan fingerprint density at radius 2 is 1.43 bits per heavy atom. The molecule has 0 bridgehead atoms. The molecule has 0 saturated carbocycles. The summed E-state index contributed by atoms with van der Waals surface area (Å²) < 4.78 is 0. The molecule has 1 atom stereocenters. The third-order valence-corrected chi connectivity index (χ3v) is 4.43. The number of anilines is 2. The minimum Gasteiger partial charge on any atom is -0.395 e. The van der Waals surface area contributed by atoms with E-state index in [2.05, 4.69) is 19.9 Å². The highest BCUT2D eigenvalue weighted by Crippen LogP contribution is 2.43. The molecule has 0 fully saturated rings. The minimum absolute atomic E-state index is 0.121. The zero-order valence-corrected chi connectivity index (χ0v) is 14.0. The maximum absolute atomic E-state index is 6.29. The fourth-order valence-electron chi connectivity index (χ4n) is 2.69. The summed E-state index contributed by atoms with van der Waals surface area (Å²) in [6.07, 6.45) is 3.00. The second-order valence-electron chi connectivity index (χ2n) is 5.15. The van der Waals surface area contributed by atoms with Gasteiger partial charge < -0.3 is 22.9 Å². The van der Waals surface area contributed by atoms with Gasteiger partial charge in [-0.2, -0.15) is 0 Å². The Morgan fingerprint density at radius 1 is 1.00 bits per heavy atom. The van der Waals surface area contributed by atoms with Gasteiger partial charge in [0.2, 0.25) is 0 Å². The van der Waals surface area contributed by atoms with Crippen LogP contribution >= 0.6 is 23.2 Å². The summed E-state index contributed by atoms with van der Waals surface area (Å²) in [6.45, 7) is 2.09. The predicted octanol–water partition coefficient (Wildman–Crippen LogP) is 0.720. The SMILES string of the molecule is CC(N)C(CCN)(c1ncnc(Cl)c1N)c1ncnc(Cl)c1N. The van der Waals surface area contributed by atoms with E-state index in [1.54, 1.807) is 6.92 Å². The van der Waals surface area contributed by atoms with E-state index in [4.69, 9.17) is 46.1 Å². The van der Waals surface area contributed by atoms with Crippen LogP contribution in [0.1, 0.15) is 24.7 Å². The first-order chi connectivity index (χ1) is 10.9. The van der Waals surface area contributed by atoms with E-state index in [0.717, 1.165) is 0 Å². The lowest BCUT2D eigenvalue weighted by molar-refractivity contribution is 0.386. The van der Waals surface area contributed by atoms with Crippen molar-refractivity contribution in [3.05, 3.63) is 34.3 Å². The molecule has 0 amide bonds. The molecule has 2 aromatic rings. The van der Waals surface area contributed by atoms with E-state index in [-0.39, 0.29) is 21.7 Å². The molecule has 0 radical (unpaired) electrons. The van der Waals surface area contributed by atoms with Gasteiger partial charge in [0.05, 0.1) is 28.2 Å². The molecule has 0 spiro atoms. The van der Waals surface area contributed by atoms with Crippen molar-refractivity contribution in [1.29, 1.82) is 0 Å². The van der Waals surface area contributed by atoms with E-state index < -0.39 is 11.5 Å². The first-order valence-electron chi connectivity index (χ1n) is 6.84. The second kappa shape index (κ2) is 6.79. The smallest absolute Gasteiger partial charge is 0.155 e. The molecule has 0 aliphatic heterocycles. The monoisotopic (exact) mass is 356 g/mol. The van der Waals surface area contributed by atoms with Gasteiger partial charge in [-0.3, -0.25) is 0 Å². The molecule has 2 rings (SSSR count). The summed E-state index contributed by atoms with van der Waals surface area (Å²) in [7, 11) is 0. The molecule has 8 nitrogen and oxygen atoms in total. The van der Waals surface area contributed by atoms with E-state index >= 15 is 0 Å². The lowest BCUT2D eigenvalue weighted by Gasteiger charge is -2.37. The number of nitrogen functional groups attached to an aromatic ring is 2. The molecule has 8 N–H and O–H groups in total. The Kier molecular flexibility index (Phi) is 5.20. The highest BCUT2D eigenvalue weighted by molar-refractivity contribution is 6.32. The van der Waals surface area contributed by atoms with Crippen molar-refractivity contribution in [1.82, 2.24) is 19.9 Å². The van der Waals surface area contributed by atoms with Gasteiger partial charge in [0.1, 0.15) is 12.7 Å². The summed E-state index contributed by atoms with van der Waals surface area (Å²) in [4.78, 5) is 16.3. The van der Waals surface area contributed by atoms with Crippen molar-refractivity contribution in [2.75, 3.05) is 18.0 Å². The third kappa shape index (κ3) is 2.90. The van der Waals surface area contributed by atoms with Crippen LogP contribution in [-0.2, 0) is 5.41 Å². The van der Waals surface area contributed by atoms with Crippen LogP contribution in [0.3, 0.4) is 0 Å². The van der Waals surface area contributed by atoms with Gasteiger partial charge in [-0.25, -0.2) is 19.9 Å². The number of nitrogens with two attached hydrogens (primary N) is 4. The Bertz CT molecular complexity index is 655. The van der Waals surface area contributed by atoms with Crippen molar-refractivity contribution in [2.45, 2.75) is 24.8 Å². The van der Waals surface area contributed by atoms with E-state index in [1.807, 2.05) is 0 Å². The quantitative estimate of drug-likeness (QED) is 0.570. The first kappa shape index (κ1) is 17.6. The van der Waals surface area contributed by atoms with E-state index in [1.165, 1.54) is 12.7 Å². The molecule has 0 saturated heterocycles. The zero-order valence-electron chi connectivity index (χ0n) is 12.5. The molecule has 23 heavy (non-hydrogen) atoms. The van der Waals surface area contributed by atoms with Crippen molar-refractivity contribution in [3.63, 3.8) is 0 Å². The molecule has 2 aromatic heterocycles. The van der Waals surface area contributed by atoms with Gasteiger partial charge in [-0.1, -0.05) is 23.2 Å². The average Bonchev–Trinajstić information content (AvgIpc) is 2.51. The third-order valence-electron chi connectivity index (χ3n) is 3.83. The van der Waals surface area contributed by atoms with Crippen LogP contribution in [0.25, 0.3) is 0 Å². The lowest BCUT2D eigenvalue weighted by Crippen LogP contribution is -2.48. The predicted molar refractivity (Wildman–Crippen MR) is 91.0 cm³/mol. The van der Waals surface area contributed by atoms with Crippen molar-refractivity contribution >= 4 is 34.6 Å². The molecule has 0 aliphatic carbocycles. The summed E-state index contributed by atoms with van der Waals surface area (Å²) >= 11 is 12.1. The van der Waals surface area contributed by atoms with Gasteiger partial charge in [0.25, 0.3) is 0 Å². The van der Waals surface area contributed by atoms with Crippen molar-refractivity contribution in [3.8, 4) is 0 Å². The summed E-state index contributed by atoms with van der Waals surface area (Å²) in [5, 5.41) is 0.242. The number of halogens is 2. The van der Waals surface area contributed by atoms with Gasteiger partial charge in [0, 0.05) is 6.04 Å². The van der Waals surface area contributed by atoms with Crippen LogP contribution in [0.15, 0.2) is 12.7 Å². The highest BCUT2D eigenvalue weighted by atomic mass is 35.5. The molecule has 0 aromatic carbocycles. The standard InChI is InChI=1S/C13H18Cl2N8/c1-6(17)13(2-3-16,9-7(18)11(14)22-4-20-9)10-8(19)12(15)23-5-21-10/h4-6H,2-3,16-19H2,1H3. The fraction of sp³-hybridized carbons (Fsp3) is 0.385. The van der Waals surface area contributed by atoms with Crippen LogP contribution in [-0.4, -0.2) is 32.5 Å². The van der Waals surface area contributed by atoms with Crippen LogP contribution in [0.2, 0.25) is 10.3 Å². The number of nitrogens with zero attached hydrogens (tertiary/aromatic N) is 4. The Hall–Kier alpha value is -1.74. The minimum atomic E-state index is -0.970. The van der Waals surface area contributed by atoms with E-state index in [9.17, 15) is 0 Å². The zero-order chi connectivity index (χ0) is 17.2. The maximum atomic E-state index is 6.29. The maximum Gasteiger partial charge on any atom is 0.155 e. The molecule has 1 unspecified atom stereocenters. The summed E-state index contributed by atoms with van der Waals surface area (Å²) in [6, 6.07) is -0.479. The van der Waals surface area contributed by atoms with Crippen LogP contribution in [0.4, 0.5) is 11.4 Å². The highest BCUT2D eigenvalue weighted by Gasteiger charge is 2.44. The van der Waals surface area contributed by atoms with Gasteiger partial charge in [0.15, 0.2) is 10.3 Å². The number of hydrogen-bond donors (Lipinski definition) is 4. The Balaban J connectivity index is 2.85. The van der Waals surface area contributed by atoms with Crippen LogP contribution in [0.5, 0.6) is 0 Å². The number of aromatic nitrogens is 4. The molecule has 2 heterocycles. The summed E-state index contributed by atoms with van der Waals surface area (Å²) in [5.74, 6) is 0. The fourth-order valence-corrected chi connectivity index (χ4v) is 2.96. The largest absolute Gasteiger partial charge is 0.395 e. The molecular weight excluding hydrogens is 339 g/mol. The molecule has 0 aliphatic rings. The second-order valence-corrected chi connectivity index (χ2v) is 5.87. The lowest BCUT2D eigenvalue weighted by atomic mass is 9.71. The van der Waals surface area contributed by atoms with Crippen molar-refractivity contribution in [2.24, 2.45) is 11.5 Å². The van der Waals surface area contributed by atoms with Gasteiger partial charge in [-0.05, 0) is 19.9 Å². The van der Waals surface area contributed by atoms with Gasteiger partial charge in [-0.15, -0.1) is 0 Å². The van der Waals surface area contributed by atoms with Crippen LogP contribution in [0, 0.1) is 0 Å². The first-order valence-corrected chi connectivity index (χ1v) is 7.60. The Morgan fingerprint density at radius 3 is 1.78 bits per heavy atom. The van der Waals surface area contributed by atoms with Crippen LogP contribution < -0.4 is 22.9 Å². The Labute approximate surface area is 143 Å². The van der Waals surface area contributed by atoms with E-state index in [0.29, 0.717) is 24.4 Å². The average molecular weight is 357 g/mol. The molecular formula is C13H18Cl2N8.